The smallest absolute Gasteiger partial charge is 0.335 e. The molecule has 0 atom stereocenters. The SMILES string of the molecule is Cc1ccc(C(=O)O)cc1-c1ccc2c(O)nncc2c1. The van der Waals surface area contributed by atoms with Crippen molar-refractivity contribution in [2.75, 3.05) is 0 Å². The predicted octanol–water partition coefficient (Wildman–Crippen LogP) is 3.01. The summed E-state index contributed by atoms with van der Waals surface area (Å²) in [5.74, 6) is -1.07. The van der Waals surface area contributed by atoms with Crippen LogP contribution in [0.5, 0.6) is 5.88 Å². The Morgan fingerprint density at radius 1 is 1.14 bits per heavy atom. The van der Waals surface area contributed by atoms with Gasteiger partial charge in [0.25, 0.3) is 0 Å². The van der Waals surface area contributed by atoms with E-state index in [0.29, 0.717) is 5.39 Å². The van der Waals surface area contributed by atoms with Gasteiger partial charge in [0.2, 0.25) is 5.88 Å². The van der Waals surface area contributed by atoms with Gasteiger partial charge in [0.05, 0.1) is 11.8 Å². The van der Waals surface area contributed by atoms with Crippen LogP contribution in [0.4, 0.5) is 0 Å². The zero-order valence-electron chi connectivity index (χ0n) is 11.2. The largest absolute Gasteiger partial charge is 0.492 e. The molecule has 5 heteroatoms. The number of carbonyl (C=O) groups is 1. The molecule has 0 aliphatic rings. The third-order valence-electron chi connectivity index (χ3n) is 3.44. The summed E-state index contributed by atoms with van der Waals surface area (Å²) in [4.78, 5) is 11.1. The highest BCUT2D eigenvalue weighted by atomic mass is 16.4. The summed E-state index contributed by atoms with van der Waals surface area (Å²) in [6.07, 6.45) is 1.56. The Kier molecular flexibility index (Phi) is 3.02. The number of hydrogen-bond acceptors (Lipinski definition) is 4. The van der Waals surface area contributed by atoms with E-state index in [1.54, 1.807) is 30.5 Å². The number of aryl methyl sites for hydroxylation is 1. The van der Waals surface area contributed by atoms with Crippen molar-refractivity contribution < 1.29 is 15.0 Å². The molecule has 3 rings (SSSR count). The van der Waals surface area contributed by atoms with Crippen LogP contribution in [0.25, 0.3) is 21.9 Å². The minimum Gasteiger partial charge on any atom is -0.492 e. The molecule has 1 aromatic heterocycles. The van der Waals surface area contributed by atoms with E-state index in [4.69, 9.17) is 5.11 Å². The number of aromatic hydroxyl groups is 1. The fraction of sp³-hybridized carbons (Fsp3) is 0.0625. The molecule has 3 aromatic rings. The lowest BCUT2D eigenvalue weighted by molar-refractivity contribution is 0.0697. The third kappa shape index (κ3) is 2.29. The van der Waals surface area contributed by atoms with Crippen molar-refractivity contribution in [3.05, 3.63) is 53.7 Å². The molecule has 5 nitrogen and oxygen atoms in total. The number of fused-ring (bicyclic) bond motifs is 1. The van der Waals surface area contributed by atoms with Crippen LogP contribution in [0.2, 0.25) is 0 Å². The third-order valence-corrected chi connectivity index (χ3v) is 3.44. The Morgan fingerprint density at radius 3 is 2.71 bits per heavy atom. The standard InChI is InChI=1S/C16H12N2O3/c1-9-2-3-11(16(20)21)7-14(9)10-4-5-13-12(6-10)8-17-18-15(13)19/h2-8H,1H3,(H,18,19)(H,20,21). The van der Waals surface area contributed by atoms with Gasteiger partial charge in [0, 0.05) is 10.8 Å². The summed E-state index contributed by atoms with van der Waals surface area (Å²) in [6.45, 7) is 1.92. The maximum atomic E-state index is 11.1. The van der Waals surface area contributed by atoms with E-state index in [1.807, 2.05) is 19.1 Å². The minimum atomic E-state index is -0.958. The van der Waals surface area contributed by atoms with Crippen molar-refractivity contribution in [3.8, 4) is 17.0 Å². The number of carboxylic acid groups (broad SMARTS) is 1. The summed E-state index contributed by atoms with van der Waals surface area (Å²) in [5, 5.41) is 27.4. The van der Waals surface area contributed by atoms with Crippen molar-refractivity contribution in [2.45, 2.75) is 6.92 Å². The molecular formula is C16H12N2O3. The first kappa shape index (κ1) is 13.1. The maximum absolute atomic E-state index is 11.1. The van der Waals surface area contributed by atoms with Crippen molar-refractivity contribution in [3.63, 3.8) is 0 Å². The van der Waals surface area contributed by atoms with Crippen molar-refractivity contribution in [1.29, 1.82) is 0 Å². The Balaban J connectivity index is 2.20. The second-order valence-corrected chi connectivity index (χ2v) is 4.81. The summed E-state index contributed by atoms with van der Waals surface area (Å²) >= 11 is 0. The van der Waals surface area contributed by atoms with Crippen LogP contribution in [0, 0.1) is 6.92 Å². The first-order valence-electron chi connectivity index (χ1n) is 6.35. The van der Waals surface area contributed by atoms with Gasteiger partial charge in [-0.15, -0.1) is 5.10 Å². The molecule has 1 heterocycles. The van der Waals surface area contributed by atoms with Crippen LogP contribution in [-0.2, 0) is 0 Å². The van der Waals surface area contributed by atoms with Gasteiger partial charge in [0.15, 0.2) is 0 Å². The highest BCUT2D eigenvalue weighted by Crippen LogP contribution is 2.29. The number of aromatic nitrogens is 2. The van der Waals surface area contributed by atoms with Crippen molar-refractivity contribution >= 4 is 16.7 Å². The first-order valence-corrected chi connectivity index (χ1v) is 6.35. The van der Waals surface area contributed by atoms with Crippen molar-refractivity contribution in [1.82, 2.24) is 10.2 Å². The molecule has 0 bridgehead atoms. The molecule has 0 aliphatic carbocycles. The molecule has 0 saturated carbocycles. The molecule has 0 fully saturated rings. The number of nitrogens with zero attached hydrogens (tertiary/aromatic N) is 2. The molecule has 104 valence electrons. The lowest BCUT2D eigenvalue weighted by atomic mass is 9.96. The highest BCUT2D eigenvalue weighted by molar-refractivity contribution is 5.93. The van der Waals surface area contributed by atoms with Gasteiger partial charge in [-0.1, -0.05) is 12.1 Å². The molecule has 0 amide bonds. The van der Waals surface area contributed by atoms with Crippen LogP contribution in [0.3, 0.4) is 0 Å². The van der Waals surface area contributed by atoms with Crippen LogP contribution in [0.1, 0.15) is 15.9 Å². The van der Waals surface area contributed by atoms with Gasteiger partial charge in [0.1, 0.15) is 0 Å². The van der Waals surface area contributed by atoms with Crippen LogP contribution < -0.4 is 0 Å². The lowest BCUT2D eigenvalue weighted by Crippen LogP contribution is -1.97. The molecule has 0 spiro atoms. The number of aromatic carboxylic acids is 1. The van der Waals surface area contributed by atoms with E-state index in [9.17, 15) is 9.90 Å². The first-order chi connectivity index (χ1) is 10.1. The van der Waals surface area contributed by atoms with E-state index in [1.165, 1.54) is 0 Å². The summed E-state index contributed by atoms with van der Waals surface area (Å²) in [7, 11) is 0. The summed E-state index contributed by atoms with van der Waals surface area (Å²) < 4.78 is 0. The molecule has 2 aromatic carbocycles. The average molecular weight is 280 g/mol. The Bertz CT molecular complexity index is 859. The second kappa shape index (κ2) is 4.86. The zero-order chi connectivity index (χ0) is 15.0. The lowest BCUT2D eigenvalue weighted by Gasteiger charge is -2.09. The number of rotatable bonds is 2. The Morgan fingerprint density at radius 2 is 1.95 bits per heavy atom. The molecule has 0 aliphatic heterocycles. The van der Waals surface area contributed by atoms with Crippen LogP contribution in [0.15, 0.2) is 42.6 Å². The molecule has 0 saturated heterocycles. The normalized spacial score (nSPS) is 10.7. The quantitative estimate of drug-likeness (QED) is 0.754. The van der Waals surface area contributed by atoms with Crippen LogP contribution in [-0.4, -0.2) is 26.4 Å². The van der Waals surface area contributed by atoms with Crippen molar-refractivity contribution in [2.24, 2.45) is 0 Å². The van der Waals surface area contributed by atoms with Gasteiger partial charge in [-0.25, -0.2) is 4.79 Å². The molecular weight excluding hydrogens is 268 g/mol. The van der Waals surface area contributed by atoms with Gasteiger partial charge < -0.3 is 10.2 Å². The molecule has 0 radical (unpaired) electrons. The van der Waals surface area contributed by atoms with Gasteiger partial charge >= 0.3 is 5.97 Å². The maximum Gasteiger partial charge on any atom is 0.335 e. The number of hydrogen-bond donors (Lipinski definition) is 2. The van der Waals surface area contributed by atoms with Crippen LogP contribution >= 0.6 is 0 Å². The van der Waals surface area contributed by atoms with Gasteiger partial charge in [-0.2, -0.15) is 5.10 Å². The Labute approximate surface area is 120 Å². The van der Waals surface area contributed by atoms with E-state index >= 15 is 0 Å². The van der Waals surface area contributed by atoms with E-state index in [-0.39, 0.29) is 11.4 Å². The highest BCUT2D eigenvalue weighted by Gasteiger charge is 2.09. The van der Waals surface area contributed by atoms with Gasteiger partial charge in [-0.3, -0.25) is 0 Å². The minimum absolute atomic E-state index is 0.116. The zero-order valence-corrected chi connectivity index (χ0v) is 11.2. The monoisotopic (exact) mass is 280 g/mol. The topological polar surface area (TPSA) is 83.3 Å². The fourth-order valence-corrected chi connectivity index (χ4v) is 2.31. The van der Waals surface area contributed by atoms with Gasteiger partial charge in [-0.05, 0) is 47.9 Å². The Hall–Kier alpha value is -2.95. The molecule has 0 unspecified atom stereocenters. The predicted molar refractivity (Wildman–Crippen MR) is 78.3 cm³/mol. The molecule has 2 N–H and O–H groups in total. The van der Waals surface area contributed by atoms with E-state index in [2.05, 4.69) is 10.2 Å². The fourth-order valence-electron chi connectivity index (χ4n) is 2.31. The molecule has 21 heavy (non-hydrogen) atoms. The number of carboxylic acids is 1. The average Bonchev–Trinajstić information content (AvgIpc) is 2.47. The second-order valence-electron chi connectivity index (χ2n) is 4.81. The number of benzene rings is 2. The summed E-state index contributed by atoms with van der Waals surface area (Å²) in [6, 6.07) is 10.5. The van der Waals surface area contributed by atoms with E-state index in [0.717, 1.165) is 22.1 Å². The van der Waals surface area contributed by atoms with E-state index < -0.39 is 5.97 Å². The summed E-state index contributed by atoms with van der Waals surface area (Å²) in [5.41, 5.74) is 2.93.